The normalized spacial score (nSPS) is 24.9. The largest absolute Gasteiger partial charge is 0.508 e. The van der Waals surface area contributed by atoms with E-state index in [1.54, 1.807) is 0 Å². The Morgan fingerprint density at radius 1 is 1.18 bits per heavy atom. The average molecular weight is 305 g/mol. The SMILES string of the molecule is CC(C)(C)c1cc2c(cc1O)C(C)(C)C(N1CCOCC1)O2. The number of phenols is 1. The molecule has 4 nitrogen and oxygen atoms in total. The molecule has 0 aromatic heterocycles. The summed E-state index contributed by atoms with van der Waals surface area (Å²) in [6, 6.07) is 3.92. The summed E-state index contributed by atoms with van der Waals surface area (Å²) >= 11 is 0. The van der Waals surface area contributed by atoms with Crippen LogP contribution >= 0.6 is 0 Å². The van der Waals surface area contributed by atoms with Gasteiger partial charge >= 0.3 is 0 Å². The van der Waals surface area contributed by atoms with Crippen LogP contribution in [0.4, 0.5) is 0 Å². The Hall–Kier alpha value is -1.26. The van der Waals surface area contributed by atoms with Crippen LogP contribution in [0.1, 0.15) is 45.7 Å². The van der Waals surface area contributed by atoms with E-state index in [0.717, 1.165) is 43.2 Å². The molecule has 2 aliphatic heterocycles. The van der Waals surface area contributed by atoms with Gasteiger partial charge in [-0.05, 0) is 17.5 Å². The van der Waals surface area contributed by atoms with Crippen molar-refractivity contribution in [2.45, 2.75) is 51.7 Å². The summed E-state index contributed by atoms with van der Waals surface area (Å²) in [7, 11) is 0. The summed E-state index contributed by atoms with van der Waals surface area (Å²) in [4.78, 5) is 2.34. The number of phenolic OH excluding ortho intramolecular Hbond substituents is 1. The van der Waals surface area contributed by atoms with Crippen LogP contribution < -0.4 is 4.74 Å². The maximum atomic E-state index is 10.4. The lowest BCUT2D eigenvalue weighted by molar-refractivity contribution is -0.0612. The number of hydrogen-bond acceptors (Lipinski definition) is 4. The smallest absolute Gasteiger partial charge is 0.162 e. The Morgan fingerprint density at radius 3 is 2.41 bits per heavy atom. The lowest BCUT2D eigenvalue weighted by Gasteiger charge is -2.38. The van der Waals surface area contributed by atoms with Gasteiger partial charge in [-0.2, -0.15) is 0 Å². The number of hydrogen-bond donors (Lipinski definition) is 1. The van der Waals surface area contributed by atoms with Crippen LogP contribution in [-0.4, -0.2) is 42.5 Å². The minimum Gasteiger partial charge on any atom is -0.508 e. The maximum absolute atomic E-state index is 10.4. The molecular formula is C18H27NO3. The monoisotopic (exact) mass is 305 g/mol. The molecule has 1 fully saturated rings. The molecule has 0 radical (unpaired) electrons. The van der Waals surface area contributed by atoms with Crippen molar-refractivity contribution in [3.8, 4) is 11.5 Å². The quantitative estimate of drug-likeness (QED) is 0.866. The molecular weight excluding hydrogens is 278 g/mol. The Labute approximate surface area is 133 Å². The van der Waals surface area contributed by atoms with E-state index in [0.29, 0.717) is 5.75 Å². The van der Waals surface area contributed by atoms with Crippen LogP contribution in [0.3, 0.4) is 0 Å². The Kier molecular flexibility index (Phi) is 3.65. The van der Waals surface area contributed by atoms with Crippen molar-refractivity contribution in [3.05, 3.63) is 23.3 Å². The average Bonchev–Trinajstić information content (AvgIpc) is 2.69. The summed E-state index contributed by atoms with van der Waals surface area (Å²) in [5.41, 5.74) is 1.77. The summed E-state index contributed by atoms with van der Waals surface area (Å²) in [6.07, 6.45) is 0.000943. The van der Waals surface area contributed by atoms with Gasteiger partial charge in [0, 0.05) is 29.6 Å². The van der Waals surface area contributed by atoms with Gasteiger partial charge in [0.2, 0.25) is 0 Å². The molecule has 1 atom stereocenters. The zero-order valence-electron chi connectivity index (χ0n) is 14.3. The van der Waals surface area contributed by atoms with Gasteiger partial charge in [0.15, 0.2) is 6.23 Å². The molecule has 0 amide bonds. The number of fused-ring (bicyclic) bond motifs is 1. The van der Waals surface area contributed by atoms with Gasteiger partial charge in [-0.3, -0.25) is 4.90 Å². The molecule has 0 aliphatic carbocycles. The van der Waals surface area contributed by atoms with Gasteiger partial charge in [0.05, 0.1) is 13.2 Å². The molecule has 0 spiro atoms. The first-order chi connectivity index (χ1) is 10.2. The van der Waals surface area contributed by atoms with Crippen molar-refractivity contribution in [2.75, 3.05) is 26.3 Å². The van der Waals surface area contributed by atoms with E-state index < -0.39 is 0 Å². The maximum Gasteiger partial charge on any atom is 0.162 e. The number of nitrogens with zero attached hydrogens (tertiary/aromatic N) is 1. The fourth-order valence-corrected chi connectivity index (χ4v) is 3.51. The number of aromatic hydroxyl groups is 1. The molecule has 2 heterocycles. The van der Waals surface area contributed by atoms with E-state index in [2.05, 4.69) is 39.5 Å². The van der Waals surface area contributed by atoms with Crippen molar-refractivity contribution in [1.29, 1.82) is 0 Å². The molecule has 1 N–H and O–H groups in total. The van der Waals surface area contributed by atoms with Crippen LogP contribution in [0.2, 0.25) is 0 Å². The third kappa shape index (κ3) is 2.48. The van der Waals surface area contributed by atoms with Crippen LogP contribution in [0, 0.1) is 0 Å². The number of rotatable bonds is 1. The van der Waals surface area contributed by atoms with Crippen LogP contribution in [0.5, 0.6) is 11.5 Å². The van der Waals surface area contributed by atoms with Gasteiger partial charge in [-0.25, -0.2) is 0 Å². The van der Waals surface area contributed by atoms with Gasteiger partial charge < -0.3 is 14.6 Å². The highest BCUT2D eigenvalue weighted by Gasteiger charge is 2.46. The van der Waals surface area contributed by atoms with E-state index in [4.69, 9.17) is 9.47 Å². The Bertz CT molecular complexity index is 568. The molecule has 3 rings (SSSR count). The van der Waals surface area contributed by atoms with Gasteiger partial charge in [-0.15, -0.1) is 0 Å². The minimum atomic E-state index is -0.152. The van der Waals surface area contributed by atoms with Crippen molar-refractivity contribution < 1.29 is 14.6 Å². The highest BCUT2D eigenvalue weighted by atomic mass is 16.5. The molecule has 22 heavy (non-hydrogen) atoms. The summed E-state index contributed by atoms with van der Waals surface area (Å²) < 4.78 is 11.8. The molecule has 1 saturated heterocycles. The first-order valence-corrected chi connectivity index (χ1v) is 8.07. The Balaban J connectivity index is 1.98. The second-order valence-electron chi connectivity index (χ2n) is 7.96. The van der Waals surface area contributed by atoms with E-state index in [9.17, 15) is 5.11 Å². The van der Waals surface area contributed by atoms with E-state index in [1.807, 2.05) is 12.1 Å². The molecule has 0 bridgehead atoms. The zero-order valence-corrected chi connectivity index (χ0v) is 14.3. The van der Waals surface area contributed by atoms with Crippen LogP contribution in [0.15, 0.2) is 12.1 Å². The molecule has 1 aromatic rings. The lowest BCUT2D eigenvalue weighted by atomic mass is 9.80. The lowest BCUT2D eigenvalue weighted by Crippen LogP contribution is -2.52. The number of morpholine rings is 1. The Morgan fingerprint density at radius 2 is 1.82 bits per heavy atom. The summed E-state index contributed by atoms with van der Waals surface area (Å²) in [5.74, 6) is 1.27. The molecule has 1 aromatic carbocycles. The highest BCUT2D eigenvalue weighted by molar-refractivity contribution is 5.53. The second-order valence-corrected chi connectivity index (χ2v) is 7.96. The summed E-state index contributed by atoms with van der Waals surface area (Å²) in [5, 5.41) is 10.4. The second kappa shape index (κ2) is 5.14. The fraction of sp³-hybridized carbons (Fsp3) is 0.667. The van der Waals surface area contributed by atoms with Crippen LogP contribution in [-0.2, 0) is 15.6 Å². The van der Waals surface area contributed by atoms with Crippen molar-refractivity contribution in [3.63, 3.8) is 0 Å². The minimum absolute atomic E-state index is 0.000943. The molecule has 2 aliphatic rings. The molecule has 122 valence electrons. The fourth-order valence-electron chi connectivity index (χ4n) is 3.51. The van der Waals surface area contributed by atoms with Gasteiger partial charge in [0.25, 0.3) is 0 Å². The predicted molar refractivity (Wildman–Crippen MR) is 86.6 cm³/mol. The highest BCUT2D eigenvalue weighted by Crippen LogP contribution is 2.48. The molecule has 4 heteroatoms. The zero-order chi connectivity index (χ0) is 16.1. The van der Waals surface area contributed by atoms with E-state index in [-0.39, 0.29) is 17.1 Å². The van der Waals surface area contributed by atoms with Crippen LogP contribution in [0.25, 0.3) is 0 Å². The summed E-state index contributed by atoms with van der Waals surface area (Å²) in [6.45, 7) is 14.0. The first kappa shape index (κ1) is 15.6. The van der Waals surface area contributed by atoms with Gasteiger partial charge in [0.1, 0.15) is 11.5 Å². The van der Waals surface area contributed by atoms with Crippen molar-refractivity contribution >= 4 is 0 Å². The van der Waals surface area contributed by atoms with E-state index in [1.165, 1.54) is 0 Å². The standard InChI is InChI=1S/C18H27NO3/c1-17(2,3)12-11-15-13(10-14(12)20)18(4,5)16(22-15)19-6-8-21-9-7-19/h10-11,16,20H,6-9H2,1-5H3. The third-order valence-electron chi connectivity index (χ3n) is 4.83. The van der Waals surface area contributed by atoms with E-state index >= 15 is 0 Å². The molecule has 0 saturated carbocycles. The van der Waals surface area contributed by atoms with Crippen molar-refractivity contribution in [2.24, 2.45) is 0 Å². The van der Waals surface area contributed by atoms with Gasteiger partial charge in [-0.1, -0.05) is 34.6 Å². The topological polar surface area (TPSA) is 41.9 Å². The predicted octanol–water partition coefficient (Wildman–Crippen LogP) is 3.02. The molecule has 1 unspecified atom stereocenters. The number of benzene rings is 1. The first-order valence-electron chi connectivity index (χ1n) is 8.07. The third-order valence-corrected chi connectivity index (χ3v) is 4.83. The number of ether oxygens (including phenoxy) is 2. The van der Waals surface area contributed by atoms with Crippen molar-refractivity contribution in [1.82, 2.24) is 4.90 Å².